The maximum Gasteiger partial charge on any atom is 0.163 e. The van der Waals surface area contributed by atoms with Gasteiger partial charge in [-0.2, -0.15) is 5.10 Å². The molecule has 1 aliphatic heterocycles. The monoisotopic (exact) mass is 504 g/mol. The number of Topliss-reactive ketones (excluding diaryl/α,β-unsaturated/α-hetero) is 1. The van der Waals surface area contributed by atoms with E-state index in [4.69, 9.17) is 4.99 Å². The highest BCUT2D eigenvalue weighted by Crippen LogP contribution is 2.37. The van der Waals surface area contributed by atoms with Crippen LogP contribution in [0.25, 0.3) is 16.7 Å². The molecule has 0 saturated heterocycles. The zero-order valence-corrected chi connectivity index (χ0v) is 21.0. The summed E-state index contributed by atoms with van der Waals surface area (Å²) in [5.74, 6) is 0.248. The molecule has 0 unspecified atom stereocenters. The van der Waals surface area contributed by atoms with Crippen molar-refractivity contribution in [3.63, 3.8) is 0 Å². The Morgan fingerprint density at radius 3 is 3.03 bits per heavy atom. The molecule has 1 aromatic carbocycles. The number of ketones is 1. The fraction of sp³-hybridized carbons (Fsp3) is 0.300. The number of rotatable bonds is 6. The van der Waals surface area contributed by atoms with Crippen LogP contribution in [0.5, 0.6) is 0 Å². The molecule has 0 bridgehead atoms. The zero-order chi connectivity index (χ0) is 25.7. The molecule has 5 aromatic rings. The van der Waals surface area contributed by atoms with Crippen molar-refractivity contribution >= 4 is 28.2 Å². The minimum Gasteiger partial charge on any atom is -0.388 e. The summed E-state index contributed by atoms with van der Waals surface area (Å²) >= 11 is 0. The summed E-state index contributed by atoms with van der Waals surface area (Å²) in [5, 5.41) is 15.9. The molecule has 190 valence electrons. The molecule has 38 heavy (non-hydrogen) atoms. The molecule has 5 heterocycles. The van der Waals surface area contributed by atoms with Crippen LogP contribution in [0.4, 0.5) is 0 Å². The highest BCUT2D eigenvalue weighted by atomic mass is 16.3. The van der Waals surface area contributed by atoms with Gasteiger partial charge in [-0.05, 0) is 61.1 Å². The summed E-state index contributed by atoms with van der Waals surface area (Å²) < 4.78 is 3.83. The fourth-order valence-corrected chi connectivity index (χ4v) is 6.14. The Labute approximate surface area is 219 Å². The Morgan fingerprint density at radius 2 is 2.08 bits per heavy atom. The van der Waals surface area contributed by atoms with Crippen LogP contribution in [0.1, 0.15) is 59.2 Å². The number of nitrogens with zero attached hydrogens (tertiary/aromatic N) is 6. The van der Waals surface area contributed by atoms with Crippen LogP contribution in [-0.2, 0) is 13.1 Å². The van der Waals surface area contributed by atoms with E-state index < -0.39 is 5.60 Å². The highest BCUT2D eigenvalue weighted by Gasteiger charge is 2.36. The topological polar surface area (TPSA) is 97.7 Å². The Hall–Kier alpha value is -4.17. The molecule has 2 atom stereocenters. The molecule has 0 radical (unpaired) electrons. The first-order chi connectivity index (χ1) is 18.5. The lowest BCUT2D eigenvalue weighted by atomic mass is 9.75. The van der Waals surface area contributed by atoms with Crippen LogP contribution < -0.4 is 0 Å². The second-order valence-corrected chi connectivity index (χ2v) is 10.7. The molecule has 4 aromatic heterocycles. The van der Waals surface area contributed by atoms with E-state index in [1.54, 1.807) is 18.6 Å². The predicted octanol–water partition coefficient (Wildman–Crippen LogP) is 4.62. The van der Waals surface area contributed by atoms with Crippen molar-refractivity contribution in [1.29, 1.82) is 0 Å². The summed E-state index contributed by atoms with van der Waals surface area (Å²) in [5.41, 5.74) is 6.54. The van der Waals surface area contributed by atoms with Gasteiger partial charge in [0.15, 0.2) is 5.78 Å². The largest absolute Gasteiger partial charge is 0.388 e. The summed E-state index contributed by atoms with van der Waals surface area (Å²) in [6.45, 7) is 1.03. The molecule has 8 nitrogen and oxygen atoms in total. The van der Waals surface area contributed by atoms with Crippen LogP contribution >= 0.6 is 0 Å². The van der Waals surface area contributed by atoms with E-state index in [1.165, 1.54) is 0 Å². The van der Waals surface area contributed by atoms with Gasteiger partial charge in [0.25, 0.3) is 0 Å². The number of carbonyl (C=O) groups is 1. The number of hydrogen-bond acceptors (Lipinski definition) is 6. The van der Waals surface area contributed by atoms with E-state index in [2.05, 4.69) is 15.1 Å². The Bertz CT molecular complexity index is 1720. The van der Waals surface area contributed by atoms with Crippen LogP contribution in [0, 0.1) is 5.92 Å². The van der Waals surface area contributed by atoms with E-state index in [9.17, 15) is 9.90 Å². The fourth-order valence-electron chi connectivity index (χ4n) is 6.14. The van der Waals surface area contributed by atoms with Crippen molar-refractivity contribution in [2.45, 2.75) is 50.8 Å². The number of fused-ring (bicyclic) bond motifs is 3. The third-order valence-electron chi connectivity index (χ3n) is 8.01. The molecular formula is C30H28N6O2. The molecule has 1 saturated carbocycles. The Morgan fingerprint density at radius 1 is 1.13 bits per heavy atom. The molecular weight excluding hydrogens is 476 g/mol. The van der Waals surface area contributed by atoms with Gasteiger partial charge in [-0.25, -0.2) is 4.98 Å². The lowest BCUT2D eigenvalue weighted by Gasteiger charge is -2.36. The van der Waals surface area contributed by atoms with Crippen LogP contribution in [0.3, 0.4) is 0 Å². The van der Waals surface area contributed by atoms with Gasteiger partial charge in [0, 0.05) is 47.9 Å². The summed E-state index contributed by atoms with van der Waals surface area (Å²) in [6.07, 6.45) is 12.8. The molecule has 1 fully saturated rings. The minimum absolute atomic E-state index is 0.118. The number of benzene rings is 1. The highest BCUT2D eigenvalue weighted by molar-refractivity contribution is 6.16. The molecule has 7 rings (SSSR count). The summed E-state index contributed by atoms with van der Waals surface area (Å²) in [4.78, 5) is 26.9. The van der Waals surface area contributed by atoms with Crippen LogP contribution in [0.15, 0.2) is 78.4 Å². The third-order valence-corrected chi connectivity index (χ3v) is 8.01. The van der Waals surface area contributed by atoms with E-state index in [-0.39, 0.29) is 11.7 Å². The predicted molar refractivity (Wildman–Crippen MR) is 144 cm³/mol. The quantitative estimate of drug-likeness (QED) is 0.340. The third kappa shape index (κ3) is 4.11. The van der Waals surface area contributed by atoms with E-state index >= 15 is 0 Å². The van der Waals surface area contributed by atoms with Crippen molar-refractivity contribution in [1.82, 2.24) is 24.1 Å². The van der Waals surface area contributed by atoms with Gasteiger partial charge in [-0.15, -0.1) is 0 Å². The number of carbonyl (C=O) groups excluding carboxylic acids is 1. The normalized spacial score (nSPS) is 21.1. The smallest absolute Gasteiger partial charge is 0.163 e. The SMILES string of the molecule is O=C(C[C@@H]1CCC[C@@](O)(Cn2ncc3ncccc32)C1)c1ccc2c(c1)C(c1ccc3nccn3c1)=NC2. The van der Waals surface area contributed by atoms with Gasteiger partial charge in [0.2, 0.25) is 0 Å². The first-order valence-electron chi connectivity index (χ1n) is 13.2. The number of aliphatic hydroxyl groups is 1. The van der Waals surface area contributed by atoms with Crippen molar-refractivity contribution in [2.24, 2.45) is 10.9 Å². The van der Waals surface area contributed by atoms with Crippen molar-refractivity contribution in [3.8, 4) is 0 Å². The lowest BCUT2D eigenvalue weighted by molar-refractivity contribution is -0.0317. The number of aliphatic imine (C=N–C) groups is 1. The average Bonchev–Trinajstić information content (AvgIpc) is 3.66. The zero-order valence-electron chi connectivity index (χ0n) is 21.0. The van der Waals surface area contributed by atoms with Gasteiger partial charge < -0.3 is 9.51 Å². The van der Waals surface area contributed by atoms with Gasteiger partial charge >= 0.3 is 0 Å². The number of imidazole rings is 1. The molecule has 0 spiro atoms. The van der Waals surface area contributed by atoms with E-state index in [0.29, 0.717) is 37.9 Å². The molecule has 2 aliphatic rings. The molecule has 1 aliphatic carbocycles. The van der Waals surface area contributed by atoms with Crippen LogP contribution in [0.2, 0.25) is 0 Å². The van der Waals surface area contributed by atoms with Gasteiger partial charge in [-0.1, -0.05) is 18.6 Å². The second-order valence-electron chi connectivity index (χ2n) is 10.7. The maximum atomic E-state index is 13.4. The van der Waals surface area contributed by atoms with E-state index in [0.717, 1.165) is 51.9 Å². The van der Waals surface area contributed by atoms with Crippen molar-refractivity contribution in [3.05, 3.63) is 95.7 Å². The first-order valence-corrected chi connectivity index (χ1v) is 13.2. The summed E-state index contributed by atoms with van der Waals surface area (Å²) in [7, 11) is 0. The Balaban J connectivity index is 1.08. The number of pyridine rings is 2. The minimum atomic E-state index is -0.887. The molecule has 0 amide bonds. The van der Waals surface area contributed by atoms with Gasteiger partial charge in [0.1, 0.15) is 11.2 Å². The second kappa shape index (κ2) is 8.99. The summed E-state index contributed by atoms with van der Waals surface area (Å²) in [6, 6.07) is 13.8. The first kappa shape index (κ1) is 23.0. The lowest BCUT2D eigenvalue weighted by Crippen LogP contribution is -2.40. The maximum absolute atomic E-state index is 13.4. The van der Waals surface area contributed by atoms with Crippen molar-refractivity contribution < 1.29 is 9.90 Å². The standard InChI is InChI=1S/C30H28N6O2/c37-27(13-20-3-1-9-30(38,15-20)19-36-26-4-2-10-31-25(26)17-34-36)21-5-6-22-16-33-29(24(22)14-21)23-7-8-28-32-11-12-35(28)18-23/h2,4-8,10-12,14,17-18,20,38H,1,3,9,13,15-16,19H2/t20-,30-/m0/s1. The molecule has 1 N–H and O–H groups in total. The number of hydrogen-bond donors (Lipinski definition) is 1. The van der Waals surface area contributed by atoms with Crippen molar-refractivity contribution in [2.75, 3.05) is 0 Å². The average molecular weight is 505 g/mol. The molecule has 8 heteroatoms. The van der Waals surface area contributed by atoms with Gasteiger partial charge in [0.05, 0.1) is 36.1 Å². The Kier molecular flexibility index (Phi) is 5.44. The van der Waals surface area contributed by atoms with Gasteiger partial charge in [-0.3, -0.25) is 19.5 Å². The van der Waals surface area contributed by atoms with E-state index in [1.807, 2.05) is 63.9 Å². The number of aromatic nitrogens is 5. The van der Waals surface area contributed by atoms with Crippen LogP contribution in [-0.4, -0.2) is 46.4 Å².